The molecule has 1 rings (SSSR count). The molecular weight excluding hydrogens is 296 g/mol. The van der Waals surface area contributed by atoms with E-state index in [4.69, 9.17) is 14.6 Å². The van der Waals surface area contributed by atoms with Gasteiger partial charge in [0.25, 0.3) is 0 Å². The van der Waals surface area contributed by atoms with Crippen molar-refractivity contribution >= 4 is 11.9 Å². The van der Waals surface area contributed by atoms with Crippen LogP contribution >= 0.6 is 0 Å². The van der Waals surface area contributed by atoms with Crippen LogP contribution in [0.3, 0.4) is 0 Å². The van der Waals surface area contributed by atoms with Gasteiger partial charge in [-0.05, 0) is 59.3 Å². The van der Waals surface area contributed by atoms with E-state index in [9.17, 15) is 9.59 Å². The molecule has 1 aliphatic carbocycles. The van der Waals surface area contributed by atoms with Crippen LogP contribution in [-0.4, -0.2) is 36.4 Å². The molecule has 0 bridgehead atoms. The Hall–Kier alpha value is -1.10. The zero-order valence-corrected chi connectivity index (χ0v) is 15.0. The van der Waals surface area contributed by atoms with Crippen LogP contribution in [0.2, 0.25) is 0 Å². The molecule has 0 radical (unpaired) electrons. The molecule has 1 N–H and O–H groups in total. The number of hydrogen-bond acceptors (Lipinski definition) is 5. The van der Waals surface area contributed by atoms with E-state index in [1.165, 1.54) is 6.42 Å². The van der Waals surface area contributed by atoms with Gasteiger partial charge in [0.2, 0.25) is 0 Å². The minimum atomic E-state index is -0.800. The van der Waals surface area contributed by atoms with Gasteiger partial charge in [0.05, 0.1) is 17.4 Å². The average Bonchev–Trinajstić information content (AvgIpc) is 2.52. The molecule has 1 aliphatic rings. The first kappa shape index (κ1) is 19.9. The molecular formula is C18H32O5. The Morgan fingerprint density at radius 2 is 1.70 bits per heavy atom. The van der Waals surface area contributed by atoms with E-state index in [0.717, 1.165) is 25.7 Å². The minimum Gasteiger partial charge on any atom is -0.463 e. The molecule has 1 unspecified atom stereocenters. The van der Waals surface area contributed by atoms with E-state index >= 15 is 0 Å². The van der Waals surface area contributed by atoms with Crippen LogP contribution in [0.15, 0.2) is 0 Å². The van der Waals surface area contributed by atoms with Gasteiger partial charge < -0.3 is 14.6 Å². The summed E-state index contributed by atoms with van der Waals surface area (Å²) in [6, 6.07) is 0. The first-order valence-electron chi connectivity index (χ1n) is 8.74. The van der Waals surface area contributed by atoms with Crippen LogP contribution < -0.4 is 0 Å². The third-order valence-electron chi connectivity index (χ3n) is 4.81. The van der Waals surface area contributed by atoms with Crippen molar-refractivity contribution in [1.29, 1.82) is 0 Å². The van der Waals surface area contributed by atoms with Gasteiger partial charge in [-0.15, -0.1) is 0 Å². The van der Waals surface area contributed by atoms with Crippen molar-refractivity contribution in [2.24, 2.45) is 10.8 Å². The van der Waals surface area contributed by atoms with Gasteiger partial charge in [-0.1, -0.05) is 13.3 Å². The molecule has 134 valence electrons. The van der Waals surface area contributed by atoms with Gasteiger partial charge in [-0.25, -0.2) is 0 Å². The van der Waals surface area contributed by atoms with E-state index in [2.05, 4.69) is 0 Å². The Morgan fingerprint density at radius 3 is 2.22 bits per heavy atom. The molecule has 5 heteroatoms. The number of esters is 2. The summed E-state index contributed by atoms with van der Waals surface area (Å²) < 4.78 is 10.8. The van der Waals surface area contributed by atoms with E-state index in [1.54, 1.807) is 13.8 Å². The van der Waals surface area contributed by atoms with Crippen LogP contribution in [0.5, 0.6) is 0 Å². The van der Waals surface area contributed by atoms with Crippen LogP contribution in [0.1, 0.15) is 72.6 Å². The molecule has 23 heavy (non-hydrogen) atoms. The second kappa shape index (κ2) is 8.67. The molecule has 0 saturated heterocycles. The topological polar surface area (TPSA) is 72.8 Å². The highest BCUT2D eigenvalue weighted by Gasteiger charge is 2.43. The normalized spacial score (nSPS) is 19.0. The fourth-order valence-corrected chi connectivity index (χ4v) is 3.20. The maximum absolute atomic E-state index is 12.7. The lowest BCUT2D eigenvalue weighted by Crippen LogP contribution is -2.40. The highest BCUT2D eigenvalue weighted by atomic mass is 16.5. The molecule has 5 nitrogen and oxygen atoms in total. The largest absolute Gasteiger partial charge is 0.463 e. The number of carbonyl (C=O) groups excluding carboxylic acids is 2. The Morgan fingerprint density at radius 1 is 1.09 bits per heavy atom. The monoisotopic (exact) mass is 328 g/mol. The van der Waals surface area contributed by atoms with Crippen molar-refractivity contribution in [3.63, 3.8) is 0 Å². The predicted molar refractivity (Wildman–Crippen MR) is 87.8 cm³/mol. The lowest BCUT2D eigenvalue weighted by molar-refractivity contribution is -0.168. The van der Waals surface area contributed by atoms with E-state index in [0.29, 0.717) is 12.8 Å². The van der Waals surface area contributed by atoms with Crippen molar-refractivity contribution in [3.05, 3.63) is 0 Å². The summed E-state index contributed by atoms with van der Waals surface area (Å²) in [6.07, 6.45) is 6.30. The summed E-state index contributed by atoms with van der Waals surface area (Å²) >= 11 is 0. The Kier molecular flexibility index (Phi) is 7.52. The van der Waals surface area contributed by atoms with Crippen molar-refractivity contribution in [2.45, 2.75) is 78.7 Å². The van der Waals surface area contributed by atoms with E-state index in [1.807, 2.05) is 13.8 Å². The summed E-state index contributed by atoms with van der Waals surface area (Å²) in [5.41, 5.74) is -1.51. The third kappa shape index (κ3) is 5.79. The summed E-state index contributed by atoms with van der Waals surface area (Å²) in [7, 11) is 0. The van der Waals surface area contributed by atoms with Crippen molar-refractivity contribution < 1.29 is 24.2 Å². The average molecular weight is 328 g/mol. The SMILES string of the molecule is CCC(C)(CC(C)(C)C(=O)OCCO)C(=O)OC1CCCCC1. The quantitative estimate of drug-likeness (QED) is 0.693. The van der Waals surface area contributed by atoms with Crippen molar-refractivity contribution in [3.8, 4) is 0 Å². The molecule has 1 fully saturated rings. The van der Waals surface area contributed by atoms with Gasteiger partial charge in [0.15, 0.2) is 0 Å². The summed E-state index contributed by atoms with van der Waals surface area (Å²) in [4.78, 5) is 24.8. The van der Waals surface area contributed by atoms with Crippen molar-refractivity contribution in [2.75, 3.05) is 13.2 Å². The number of ether oxygens (including phenoxy) is 2. The van der Waals surface area contributed by atoms with Crippen LogP contribution in [0, 0.1) is 10.8 Å². The smallest absolute Gasteiger partial charge is 0.312 e. The lowest BCUT2D eigenvalue weighted by Gasteiger charge is -2.35. The standard InChI is InChI=1S/C18H32O5/c1-5-18(4,13-17(2,3)15(20)22-12-11-19)16(21)23-14-9-7-6-8-10-14/h14,19H,5-13H2,1-4H3. The number of rotatable bonds is 8. The van der Waals surface area contributed by atoms with E-state index in [-0.39, 0.29) is 25.3 Å². The Bertz CT molecular complexity index is 398. The molecule has 0 aromatic rings. The maximum Gasteiger partial charge on any atom is 0.312 e. The summed E-state index contributed by atoms with van der Waals surface area (Å²) in [5.74, 6) is -0.605. The van der Waals surface area contributed by atoms with Gasteiger partial charge in [0.1, 0.15) is 12.7 Å². The van der Waals surface area contributed by atoms with Gasteiger partial charge in [-0.2, -0.15) is 0 Å². The molecule has 0 spiro atoms. The number of aliphatic hydroxyl groups is 1. The maximum atomic E-state index is 12.7. The highest BCUT2D eigenvalue weighted by molar-refractivity contribution is 5.80. The number of aliphatic hydroxyl groups excluding tert-OH is 1. The molecule has 0 aliphatic heterocycles. The zero-order chi connectivity index (χ0) is 17.5. The van der Waals surface area contributed by atoms with Gasteiger partial charge in [-0.3, -0.25) is 9.59 Å². The van der Waals surface area contributed by atoms with E-state index < -0.39 is 16.8 Å². The molecule has 0 heterocycles. The lowest BCUT2D eigenvalue weighted by atomic mass is 9.72. The number of carbonyl (C=O) groups is 2. The summed E-state index contributed by atoms with van der Waals surface area (Å²) in [6.45, 7) is 7.13. The van der Waals surface area contributed by atoms with Crippen molar-refractivity contribution in [1.82, 2.24) is 0 Å². The number of hydrogen-bond donors (Lipinski definition) is 1. The fraction of sp³-hybridized carbons (Fsp3) is 0.889. The Labute approximate surface area is 139 Å². The highest BCUT2D eigenvalue weighted by Crippen LogP contribution is 2.39. The Balaban J connectivity index is 2.70. The minimum absolute atomic E-state index is 0.0162. The summed E-state index contributed by atoms with van der Waals surface area (Å²) in [5, 5.41) is 8.78. The molecule has 0 amide bonds. The van der Waals surface area contributed by atoms with Crippen LogP contribution in [-0.2, 0) is 19.1 Å². The molecule has 0 aromatic heterocycles. The van der Waals surface area contributed by atoms with Crippen LogP contribution in [0.25, 0.3) is 0 Å². The third-order valence-corrected chi connectivity index (χ3v) is 4.81. The van der Waals surface area contributed by atoms with Crippen LogP contribution in [0.4, 0.5) is 0 Å². The molecule has 1 saturated carbocycles. The van der Waals surface area contributed by atoms with Gasteiger partial charge >= 0.3 is 11.9 Å². The second-order valence-electron chi connectivity index (χ2n) is 7.50. The van der Waals surface area contributed by atoms with Gasteiger partial charge in [0, 0.05) is 0 Å². The first-order chi connectivity index (χ1) is 10.7. The fourth-order valence-electron chi connectivity index (χ4n) is 3.20. The molecule has 1 atom stereocenters. The predicted octanol–water partition coefficient (Wildman–Crippen LogP) is 3.23. The second-order valence-corrected chi connectivity index (χ2v) is 7.50. The molecule has 0 aromatic carbocycles. The first-order valence-corrected chi connectivity index (χ1v) is 8.74. The zero-order valence-electron chi connectivity index (χ0n) is 15.0.